The van der Waals surface area contributed by atoms with E-state index in [0.717, 1.165) is 0 Å². The quantitative estimate of drug-likeness (QED) is 0.703. The van der Waals surface area contributed by atoms with Gasteiger partial charge in [-0.25, -0.2) is 0 Å². The minimum Gasteiger partial charge on any atom is -0.491 e. The molecule has 2 rings (SSSR count). The Morgan fingerprint density at radius 1 is 1.43 bits per heavy atom. The van der Waals surface area contributed by atoms with E-state index in [4.69, 9.17) is 25.1 Å². The van der Waals surface area contributed by atoms with Gasteiger partial charge in [-0.1, -0.05) is 0 Å². The summed E-state index contributed by atoms with van der Waals surface area (Å²) in [6.07, 6.45) is 0. The fourth-order valence-electron chi connectivity index (χ4n) is 1.97. The van der Waals surface area contributed by atoms with Gasteiger partial charge in [0.1, 0.15) is 30.8 Å². The normalized spacial score (nSPS) is 18.0. The summed E-state index contributed by atoms with van der Waals surface area (Å²) >= 11 is 0. The summed E-state index contributed by atoms with van der Waals surface area (Å²) in [4.78, 5) is 13.5. The van der Waals surface area contributed by atoms with Gasteiger partial charge >= 0.3 is 0 Å². The molecule has 1 amide bonds. The summed E-state index contributed by atoms with van der Waals surface area (Å²) in [7, 11) is 1.66. The fraction of sp³-hybridized carbons (Fsp3) is 0.500. The topological polar surface area (TPSA) is 94.3 Å². The number of likely N-dealkylation sites (N-methyl/N-ethyl adjacent to an activating group) is 1. The van der Waals surface area contributed by atoms with Crippen LogP contribution in [0.1, 0.15) is 0 Å². The third kappa shape index (κ3) is 3.84. The highest BCUT2D eigenvalue weighted by atomic mass is 16.5. The molecule has 1 aromatic rings. The predicted molar refractivity (Wildman–Crippen MR) is 76.7 cm³/mol. The average Bonchev–Trinajstić information content (AvgIpc) is 2.60. The molecule has 1 aliphatic heterocycles. The van der Waals surface area contributed by atoms with E-state index in [1.807, 2.05) is 0 Å². The molecule has 1 aliphatic rings. The van der Waals surface area contributed by atoms with E-state index in [9.17, 15) is 4.79 Å². The van der Waals surface area contributed by atoms with Crippen molar-refractivity contribution in [2.45, 2.75) is 6.04 Å². The molecule has 0 spiro atoms. The molecule has 0 bridgehead atoms. The smallest absolute Gasteiger partial charge is 0.247 e. The van der Waals surface area contributed by atoms with Crippen LogP contribution in [-0.4, -0.2) is 57.1 Å². The van der Waals surface area contributed by atoms with Crippen molar-refractivity contribution in [1.82, 2.24) is 0 Å². The summed E-state index contributed by atoms with van der Waals surface area (Å²) in [5.74, 6) is 1.01. The van der Waals surface area contributed by atoms with Crippen LogP contribution in [0, 0.1) is 0 Å². The van der Waals surface area contributed by atoms with Crippen molar-refractivity contribution < 1.29 is 24.1 Å². The number of carbonyl (C=O) groups excluding carboxylic acids is 1. The van der Waals surface area contributed by atoms with Crippen LogP contribution in [0.15, 0.2) is 18.2 Å². The Bertz CT molecular complexity index is 494. The van der Waals surface area contributed by atoms with Crippen LogP contribution < -0.4 is 20.1 Å². The third-order valence-electron chi connectivity index (χ3n) is 3.09. The standard InChI is InChI=1S/C14H20N2O5/c1-16-12-8-10(20-7-6-19-5-4-17)2-3-13(12)21-9-11(15)14(16)18/h2-3,8,11,17H,4-7,9,15H2,1H3/t11-/m0/s1. The van der Waals surface area contributed by atoms with Gasteiger partial charge in [-0.2, -0.15) is 0 Å². The minimum atomic E-state index is -0.668. The highest BCUT2D eigenvalue weighted by Crippen LogP contribution is 2.33. The van der Waals surface area contributed by atoms with E-state index in [0.29, 0.717) is 30.4 Å². The second-order valence-corrected chi connectivity index (χ2v) is 4.63. The van der Waals surface area contributed by atoms with Gasteiger partial charge in [0.25, 0.3) is 0 Å². The molecule has 7 nitrogen and oxygen atoms in total. The number of anilines is 1. The van der Waals surface area contributed by atoms with E-state index < -0.39 is 6.04 Å². The maximum absolute atomic E-state index is 12.0. The van der Waals surface area contributed by atoms with Gasteiger partial charge in [0.05, 0.1) is 25.5 Å². The van der Waals surface area contributed by atoms with Crippen molar-refractivity contribution in [3.63, 3.8) is 0 Å². The molecule has 0 saturated carbocycles. The maximum Gasteiger partial charge on any atom is 0.247 e. The molecule has 0 fully saturated rings. The lowest BCUT2D eigenvalue weighted by Crippen LogP contribution is -2.43. The van der Waals surface area contributed by atoms with Gasteiger partial charge in [0.2, 0.25) is 5.91 Å². The van der Waals surface area contributed by atoms with E-state index >= 15 is 0 Å². The first kappa shape index (κ1) is 15.6. The number of hydrogen-bond acceptors (Lipinski definition) is 6. The molecule has 0 unspecified atom stereocenters. The van der Waals surface area contributed by atoms with Crippen molar-refractivity contribution in [1.29, 1.82) is 0 Å². The number of rotatable bonds is 6. The van der Waals surface area contributed by atoms with Crippen molar-refractivity contribution in [2.24, 2.45) is 5.73 Å². The summed E-state index contributed by atoms with van der Waals surface area (Å²) in [6.45, 7) is 1.18. The molecule has 0 aliphatic carbocycles. The zero-order valence-corrected chi connectivity index (χ0v) is 11.9. The number of aliphatic hydroxyl groups is 1. The van der Waals surface area contributed by atoms with Crippen LogP contribution in [-0.2, 0) is 9.53 Å². The van der Waals surface area contributed by atoms with Crippen LogP contribution in [0.3, 0.4) is 0 Å². The van der Waals surface area contributed by atoms with E-state index in [1.165, 1.54) is 4.90 Å². The summed E-state index contributed by atoms with van der Waals surface area (Å²) in [6, 6.07) is 4.58. The van der Waals surface area contributed by atoms with Crippen molar-refractivity contribution in [3.8, 4) is 11.5 Å². The Hall–Kier alpha value is -1.83. The fourth-order valence-corrected chi connectivity index (χ4v) is 1.97. The Balaban J connectivity index is 2.03. The molecular weight excluding hydrogens is 276 g/mol. The predicted octanol–water partition coefficient (Wildman–Crippen LogP) is -0.243. The minimum absolute atomic E-state index is 0.0106. The maximum atomic E-state index is 12.0. The van der Waals surface area contributed by atoms with Crippen LogP contribution in [0.25, 0.3) is 0 Å². The molecule has 1 atom stereocenters. The lowest BCUT2D eigenvalue weighted by molar-refractivity contribution is -0.119. The van der Waals surface area contributed by atoms with Gasteiger partial charge in [0, 0.05) is 13.1 Å². The molecule has 0 radical (unpaired) electrons. The second-order valence-electron chi connectivity index (χ2n) is 4.63. The molecule has 0 aromatic heterocycles. The number of nitrogens with two attached hydrogens (primary N) is 1. The van der Waals surface area contributed by atoms with Crippen molar-refractivity contribution >= 4 is 11.6 Å². The Morgan fingerprint density at radius 3 is 3.00 bits per heavy atom. The molecule has 0 saturated heterocycles. The molecular formula is C14H20N2O5. The van der Waals surface area contributed by atoms with Gasteiger partial charge < -0.3 is 30.0 Å². The molecule has 21 heavy (non-hydrogen) atoms. The van der Waals surface area contributed by atoms with Crippen molar-refractivity contribution in [2.75, 3.05) is 45.0 Å². The van der Waals surface area contributed by atoms with Gasteiger partial charge in [-0.3, -0.25) is 4.79 Å². The number of ether oxygens (including phenoxy) is 3. The molecule has 1 aromatic carbocycles. The number of aliphatic hydroxyl groups excluding tert-OH is 1. The summed E-state index contributed by atoms with van der Waals surface area (Å²) in [5.41, 5.74) is 6.36. The van der Waals surface area contributed by atoms with Crippen LogP contribution in [0.5, 0.6) is 11.5 Å². The lowest BCUT2D eigenvalue weighted by Gasteiger charge is -2.18. The number of hydrogen-bond donors (Lipinski definition) is 2. The van der Waals surface area contributed by atoms with Crippen LogP contribution >= 0.6 is 0 Å². The van der Waals surface area contributed by atoms with E-state index in [2.05, 4.69) is 0 Å². The third-order valence-corrected chi connectivity index (χ3v) is 3.09. The molecule has 3 N–H and O–H groups in total. The highest BCUT2D eigenvalue weighted by Gasteiger charge is 2.26. The van der Waals surface area contributed by atoms with Gasteiger partial charge in [-0.05, 0) is 12.1 Å². The largest absolute Gasteiger partial charge is 0.491 e. The van der Waals surface area contributed by atoms with E-state index in [-0.39, 0.29) is 25.7 Å². The lowest BCUT2D eigenvalue weighted by atomic mass is 10.2. The van der Waals surface area contributed by atoms with Gasteiger partial charge in [0.15, 0.2) is 0 Å². The van der Waals surface area contributed by atoms with Gasteiger partial charge in [-0.15, -0.1) is 0 Å². The Kier molecular flexibility index (Phi) is 5.38. The molecule has 7 heteroatoms. The van der Waals surface area contributed by atoms with Crippen molar-refractivity contribution in [3.05, 3.63) is 18.2 Å². The van der Waals surface area contributed by atoms with Crippen LogP contribution in [0.2, 0.25) is 0 Å². The SMILES string of the molecule is CN1C(=O)[C@@H](N)COc2ccc(OCCOCCO)cc21. The number of amides is 1. The highest BCUT2D eigenvalue weighted by molar-refractivity contribution is 5.98. The number of benzene rings is 1. The number of fused-ring (bicyclic) bond motifs is 1. The zero-order valence-electron chi connectivity index (χ0n) is 11.9. The first-order valence-electron chi connectivity index (χ1n) is 6.75. The number of nitrogens with zero attached hydrogens (tertiary/aromatic N) is 1. The average molecular weight is 296 g/mol. The Morgan fingerprint density at radius 2 is 2.24 bits per heavy atom. The molecule has 1 heterocycles. The zero-order chi connectivity index (χ0) is 15.2. The number of carbonyl (C=O) groups is 1. The second kappa shape index (κ2) is 7.26. The summed E-state index contributed by atoms with van der Waals surface area (Å²) in [5, 5.41) is 8.59. The summed E-state index contributed by atoms with van der Waals surface area (Å²) < 4.78 is 16.2. The first-order valence-corrected chi connectivity index (χ1v) is 6.75. The Labute approximate surface area is 123 Å². The molecule has 116 valence electrons. The van der Waals surface area contributed by atoms with Crippen LogP contribution in [0.4, 0.5) is 5.69 Å². The first-order chi connectivity index (χ1) is 10.1. The monoisotopic (exact) mass is 296 g/mol. The van der Waals surface area contributed by atoms with E-state index in [1.54, 1.807) is 25.2 Å².